The summed E-state index contributed by atoms with van der Waals surface area (Å²) >= 11 is 0. The van der Waals surface area contributed by atoms with Crippen LogP contribution in [0.2, 0.25) is 0 Å². The van der Waals surface area contributed by atoms with Crippen LogP contribution in [0, 0.1) is 0 Å². The number of Topliss-reactive ketones (excluding diaryl/α,β-unsaturated/α-hetero) is 1. The number of hydrogen-bond donors (Lipinski definition) is 1. The number of nitrogens with one attached hydrogen (secondary N) is 1. The molecule has 1 atom stereocenters. The van der Waals surface area contributed by atoms with Crippen LogP contribution in [0.5, 0.6) is 5.75 Å². The zero-order chi connectivity index (χ0) is 20.7. The van der Waals surface area contributed by atoms with E-state index in [1.165, 1.54) is 6.92 Å². The Hall–Kier alpha value is -3.15. The molecule has 0 saturated heterocycles. The summed E-state index contributed by atoms with van der Waals surface area (Å²) in [5, 5.41) is 2.67. The average Bonchev–Trinajstić information content (AvgIpc) is 2.60. The summed E-state index contributed by atoms with van der Waals surface area (Å²) in [5.41, 5.74) is 0.636. The van der Waals surface area contributed by atoms with Gasteiger partial charge in [0.25, 0.3) is 0 Å². The molecule has 1 unspecified atom stereocenters. The number of rotatable bonds is 6. The second-order valence-corrected chi connectivity index (χ2v) is 7.37. The van der Waals surface area contributed by atoms with Crippen LogP contribution in [0.1, 0.15) is 43.6 Å². The van der Waals surface area contributed by atoms with Gasteiger partial charge in [0, 0.05) is 18.9 Å². The van der Waals surface area contributed by atoms with Gasteiger partial charge in [0.15, 0.2) is 5.78 Å². The highest BCUT2D eigenvalue weighted by molar-refractivity contribution is 6.01. The van der Waals surface area contributed by atoms with Gasteiger partial charge < -0.3 is 14.8 Å². The van der Waals surface area contributed by atoms with Crippen LogP contribution in [0.3, 0.4) is 0 Å². The fraction of sp³-hybridized carbons (Fsp3) is 0.318. The van der Waals surface area contributed by atoms with Crippen molar-refractivity contribution in [2.24, 2.45) is 0 Å². The number of carbonyl (C=O) groups excluding carboxylic acids is 3. The Morgan fingerprint density at radius 1 is 0.964 bits per heavy atom. The zero-order valence-corrected chi connectivity index (χ0v) is 16.5. The second-order valence-electron chi connectivity index (χ2n) is 7.37. The first kappa shape index (κ1) is 21.2. The van der Waals surface area contributed by atoms with Crippen molar-refractivity contribution in [1.29, 1.82) is 0 Å². The molecule has 0 aliphatic rings. The van der Waals surface area contributed by atoms with Crippen LogP contribution in [-0.4, -0.2) is 29.5 Å². The van der Waals surface area contributed by atoms with E-state index in [0.717, 1.165) is 5.56 Å². The Morgan fingerprint density at radius 2 is 1.57 bits per heavy atom. The molecule has 0 fully saturated rings. The van der Waals surface area contributed by atoms with Crippen molar-refractivity contribution in [3.05, 3.63) is 65.7 Å². The minimum absolute atomic E-state index is 0.260. The van der Waals surface area contributed by atoms with Crippen LogP contribution in [0.4, 0.5) is 4.79 Å². The number of alkyl carbamates (subject to hydrolysis) is 1. The van der Waals surface area contributed by atoms with Crippen molar-refractivity contribution >= 4 is 17.8 Å². The molecule has 0 bridgehead atoms. The van der Waals surface area contributed by atoms with Gasteiger partial charge in [-0.05, 0) is 50.6 Å². The molecule has 1 N–H and O–H groups in total. The lowest BCUT2D eigenvalue weighted by atomic mass is 9.97. The molecular weight excluding hydrogens is 358 g/mol. The number of amides is 1. The SMILES string of the molecule is CC(=O)Oc1ccc(C(=O)C(Cc2ccccc2)NC(=O)OC(C)(C)C)cc1. The summed E-state index contributed by atoms with van der Waals surface area (Å²) in [6.45, 7) is 6.58. The van der Waals surface area contributed by atoms with E-state index >= 15 is 0 Å². The minimum Gasteiger partial charge on any atom is -0.444 e. The Bertz CT molecular complexity index is 822. The largest absolute Gasteiger partial charge is 0.444 e. The van der Waals surface area contributed by atoms with E-state index in [2.05, 4.69) is 5.32 Å². The van der Waals surface area contributed by atoms with E-state index in [1.54, 1.807) is 45.0 Å². The number of hydrogen-bond acceptors (Lipinski definition) is 5. The molecule has 1 amide bonds. The van der Waals surface area contributed by atoms with E-state index in [-0.39, 0.29) is 5.78 Å². The third-order valence-corrected chi connectivity index (χ3v) is 3.69. The summed E-state index contributed by atoms with van der Waals surface area (Å²) in [7, 11) is 0. The van der Waals surface area contributed by atoms with Gasteiger partial charge in [-0.2, -0.15) is 0 Å². The Balaban J connectivity index is 2.20. The lowest BCUT2D eigenvalue weighted by Crippen LogP contribution is -2.44. The predicted molar refractivity (Wildman–Crippen MR) is 105 cm³/mol. The zero-order valence-electron chi connectivity index (χ0n) is 16.5. The lowest BCUT2D eigenvalue weighted by Gasteiger charge is -2.23. The fourth-order valence-electron chi connectivity index (χ4n) is 2.56. The van der Waals surface area contributed by atoms with Gasteiger partial charge in [-0.25, -0.2) is 4.79 Å². The maximum absolute atomic E-state index is 13.0. The summed E-state index contributed by atoms with van der Waals surface area (Å²) in [6, 6.07) is 14.8. The Kier molecular flexibility index (Phi) is 6.93. The van der Waals surface area contributed by atoms with E-state index in [4.69, 9.17) is 9.47 Å². The molecule has 0 aliphatic carbocycles. The number of esters is 1. The molecule has 2 aromatic rings. The van der Waals surface area contributed by atoms with Crippen LogP contribution >= 0.6 is 0 Å². The Labute approximate surface area is 164 Å². The molecular formula is C22H25NO5. The topological polar surface area (TPSA) is 81.7 Å². The molecule has 0 aliphatic heterocycles. The lowest BCUT2D eigenvalue weighted by molar-refractivity contribution is -0.131. The molecule has 0 saturated carbocycles. The predicted octanol–water partition coefficient (Wildman–Crippen LogP) is 3.93. The highest BCUT2D eigenvalue weighted by Crippen LogP contribution is 2.16. The van der Waals surface area contributed by atoms with Gasteiger partial charge in [0.2, 0.25) is 0 Å². The van der Waals surface area contributed by atoms with Crippen molar-refractivity contribution in [2.45, 2.75) is 45.8 Å². The van der Waals surface area contributed by atoms with Gasteiger partial charge in [0.05, 0.1) is 6.04 Å². The summed E-state index contributed by atoms with van der Waals surface area (Å²) in [6.07, 6.45) is -0.330. The smallest absolute Gasteiger partial charge is 0.408 e. The molecule has 6 heteroatoms. The third-order valence-electron chi connectivity index (χ3n) is 3.69. The average molecular weight is 383 g/mol. The first-order valence-electron chi connectivity index (χ1n) is 9.00. The van der Waals surface area contributed by atoms with Crippen molar-refractivity contribution in [3.8, 4) is 5.75 Å². The third kappa shape index (κ3) is 6.87. The summed E-state index contributed by atoms with van der Waals surface area (Å²) < 4.78 is 10.3. The van der Waals surface area contributed by atoms with Gasteiger partial charge in [-0.1, -0.05) is 30.3 Å². The molecule has 2 rings (SSSR count). The Morgan fingerprint density at radius 3 is 2.11 bits per heavy atom. The first-order chi connectivity index (χ1) is 13.1. The van der Waals surface area contributed by atoms with E-state index < -0.39 is 23.7 Å². The number of carbonyl (C=O) groups is 3. The standard InChI is InChI=1S/C22H25NO5/c1-15(24)27-18-12-10-17(11-13-18)20(25)19(14-16-8-6-5-7-9-16)23-21(26)28-22(2,3)4/h5-13,19H,14H2,1-4H3,(H,23,26). The maximum Gasteiger partial charge on any atom is 0.408 e. The second kappa shape index (κ2) is 9.17. The minimum atomic E-state index is -0.795. The molecule has 0 spiro atoms. The molecule has 0 aromatic heterocycles. The fourth-order valence-corrected chi connectivity index (χ4v) is 2.56. The van der Waals surface area contributed by atoms with Crippen LogP contribution in [0.15, 0.2) is 54.6 Å². The van der Waals surface area contributed by atoms with Gasteiger partial charge in [-0.15, -0.1) is 0 Å². The summed E-state index contributed by atoms with van der Waals surface area (Å²) in [4.78, 5) is 36.3. The van der Waals surface area contributed by atoms with Crippen molar-refractivity contribution in [2.75, 3.05) is 0 Å². The quantitative estimate of drug-likeness (QED) is 0.464. The highest BCUT2D eigenvalue weighted by atomic mass is 16.6. The molecule has 0 heterocycles. The number of benzene rings is 2. The van der Waals surface area contributed by atoms with Crippen LogP contribution in [0.25, 0.3) is 0 Å². The molecule has 6 nitrogen and oxygen atoms in total. The first-order valence-corrected chi connectivity index (χ1v) is 9.00. The van der Waals surface area contributed by atoms with Crippen molar-refractivity contribution in [3.63, 3.8) is 0 Å². The molecule has 148 valence electrons. The molecule has 0 radical (unpaired) electrons. The van der Waals surface area contributed by atoms with Crippen LogP contribution in [-0.2, 0) is 16.0 Å². The molecule has 2 aromatic carbocycles. The number of ether oxygens (including phenoxy) is 2. The number of ketones is 1. The maximum atomic E-state index is 13.0. The highest BCUT2D eigenvalue weighted by Gasteiger charge is 2.25. The summed E-state index contributed by atoms with van der Waals surface area (Å²) in [5.74, 6) is -0.347. The van der Waals surface area contributed by atoms with Gasteiger partial charge in [-0.3, -0.25) is 9.59 Å². The monoisotopic (exact) mass is 383 g/mol. The molecule has 28 heavy (non-hydrogen) atoms. The van der Waals surface area contributed by atoms with E-state index in [9.17, 15) is 14.4 Å². The van der Waals surface area contributed by atoms with Crippen molar-refractivity contribution < 1.29 is 23.9 Å². The van der Waals surface area contributed by atoms with Gasteiger partial charge >= 0.3 is 12.1 Å². The van der Waals surface area contributed by atoms with E-state index in [1.807, 2.05) is 30.3 Å². The van der Waals surface area contributed by atoms with Crippen LogP contribution < -0.4 is 10.1 Å². The normalized spacial score (nSPS) is 12.0. The van der Waals surface area contributed by atoms with E-state index in [0.29, 0.717) is 17.7 Å². The van der Waals surface area contributed by atoms with Gasteiger partial charge in [0.1, 0.15) is 11.4 Å². The van der Waals surface area contributed by atoms with Crippen molar-refractivity contribution in [1.82, 2.24) is 5.32 Å².